The maximum atomic E-state index is 5.29. The third-order valence-electron chi connectivity index (χ3n) is 3.51. The van der Waals surface area contributed by atoms with E-state index in [-0.39, 0.29) is 0 Å². The quantitative estimate of drug-likeness (QED) is 0.848. The molecule has 0 aliphatic rings. The van der Waals surface area contributed by atoms with Gasteiger partial charge in [0.15, 0.2) is 0 Å². The van der Waals surface area contributed by atoms with Gasteiger partial charge in [-0.15, -0.1) is 0 Å². The minimum absolute atomic E-state index is 0.370. The van der Waals surface area contributed by atoms with Crippen LogP contribution in [0.5, 0.6) is 5.75 Å². The van der Waals surface area contributed by atoms with E-state index in [0.29, 0.717) is 6.04 Å². The van der Waals surface area contributed by atoms with Crippen LogP contribution in [-0.2, 0) is 6.42 Å². The molecule has 0 aliphatic carbocycles. The van der Waals surface area contributed by atoms with Crippen LogP contribution in [-0.4, -0.2) is 14.2 Å². The van der Waals surface area contributed by atoms with Gasteiger partial charge in [0.2, 0.25) is 0 Å². The Morgan fingerprint density at radius 3 is 2.55 bits per heavy atom. The van der Waals surface area contributed by atoms with E-state index in [1.807, 2.05) is 19.2 Å². The zero-order chi connectivity index (χ0) is 14.4. The second-order valence-electron chi connectivity index (χ2n) is 4.75. The molecule has 0 aromatic heterocycles. The van der Waals surface area contributed by atoms with Crippen molar-refractivity contribution in [1.82, 2.24) is 5.32 Å². The van der Waals surface area contributed by atoms with E-state index in [1.165, 1.54) is 11.1 Å². The van der Waals surface area contributed by atoms with Gasteiger partial charge < -0.3 is 10.1 Å². The molecule has 2 nitrogen and oxygen atoms in total. The monoisotopic (exact) mass is 333 g/mol. The summed E-state index contributed by atoms with van der Waals surface area (Å²) < 4.78 is 6.43. The molecule has 106 valence electrons. The maximum Gasteiger partial charge on any atom is 0.119 e. The van der Waals surface area contributed by atoms with Crippen LogP contribution < -0.4 is 10.1 Å². The van der Waals surface area contributed by atoms with Gasteiger partial charge in [0.25, 0.3) is 0 Å². The first-order valence-corrected chi connectivity index (χ1v) is 7.58. The van der Waals surface area contributed by atoms with Crippen LogP contribution in [0.15, 0.2) is 53.0 Å². The van der Waals surface area contributed by atoms with Crippen molar-refractivity contribution in [2.75, 3.05) is 14.2 Å². The maximum absolute atomic E-state index is 5.29. The third kappa shape index (κ3) is 3.84. The fraction of sp³-hybridized carbons (Fsp3) is 0.294. The van der Waals surface area contributed by atoms with Gasteiger partial charge in [-0.05, 0) is 49.2 Å². The molecule has 2 aromatic carbocycles. The summed E-state index contributed by atoms with van der Waals surface area (Å²) in [5.74, 6) is 0.906. The van der Waals surface area contributed by atoms with Crippen LogP contribution in [0.3, 0.4) is 0 Å². The summed E-state index contributed by atoms with van der Waals surface area (Å²) in [6.07, 6.45) is 2.05. The highest BCUT2D eigenvalue weighted by molar-refractivity contribution is 9.10. The van der Waals surface area contributed by atoms with Crippen molar-refractivity contribution in [1.29, 1.82) is 0 Å². The normalized spacial score (nSPS) is 12.2. The lowest BCUT2D eigenvalue weighted by Gasteiger charge is -2.17. The Hall–Kier alpha value is -1.32. The molecule has 0 radical (unpaired) electrons. The van der Waals surface area contributed by atoms with Gasteiger partial charge in [-0.3, -0.25) is 0 Å². The molecule has 0 fully saturated rings. The predicted molar refractivity (Wildman–Crippen MR) is 87.3 cm³/mol. The molecule has 3 heteroatoms. The molecule has 1 N–H and O–H groups in total. The van der Waals surface area contributed by atoms with E-state index in [2.05, 4.69) is 57.6 Å². The fourth-order valence-corrected chi connectivity index (χ4v) is 2.78. The number of halogens is 1. The number of benzene rings is 2. The van der Waals surface area contributed by atoms with Gasteiger partial charge >= 0.3 is 0 Å². The smallest absolute Gasteiger partial charge is 0.119 e. The Morgan fingerprint density at radius 2 is 1.90 bits per heavy atom. The molecule has 20 heavy (non-hydrogen) atoms. The van der Waals surface area contributed by atoms with Gasteiger partial charge in [-0.1, -0.05) is 46.3 Å². The Labute approximate surface area is 129 Å². The van der Waals surface area contributed by atoms with E-state index < -0.39 is 0 Å². The number of methoxy groups -OCH3 is 1. The Morgan fingerprint density at radius 1 is 1.15 bits per heavy atom. The lowest BCUT2D eigenvalue weighted by atomic mass is 9.99. The van der Waals surface area contributed by atoms with E-state index in [1.54, 1.807) is 7.11 Å². The summed E-state index contributed by atoms with van der Waals surface area (Å²) in [6.45, 7) is 0. The average molecular weight is 334 g/mol. The minimum Gasteiger partial charge on any atom is -0.497 e. The van der Waals surface area contributed by atoms with Crippen molar-refractivity contribution in [3.05, 3.63) is 64.1 Å². The third-order valence-corrected chi connectivity index (χ3v) is 4.28. The molecule has 2 aromatic rings. The number of rotatable bonds is 6. The van der Waals surface area contributed by atoms with E-state index in [9.17, 15) is 0 Å². The summed E-state index contributed by atoms with van der Waals surface area (Å²) >= 11 is 3.61. The molecule has 0 aliphatic heterocycles. The predicted octanol–water partition coefficient (Wildman–Crippen LogP) is 4.35. The summed E-state index contributed by atoms with van der Waals surface area (Å²) in [6, 6.07) is 17.0. The number of aryl methyl sites for hydroxylation is 1. The lowest BCUT2D eigenvalue weighted by Crippen LogP contribution is -2.17. The van der Waals surface area contributed by atoms with E-state index in [4.69, 9.17) is 4.74 Å². The highest BCUT2D eigenvalue weighted by atomic mass is 79.9. The number of ether oxygens (including phenoxy) is 1. The van der Waals surface area contributed by atoms with Crippen molar-refractivity contribution in [2.45, 2.75) is 18.9 Å². The first-order chi connectivity index (χ1) is 9.74. The van der Waals surface area contributed by atoms with Gasteiger partial charge in [-0.25, -0.2) is 0 Å². The Kier molecular flexibility index (Phi) is 5.62. The molecule has 2 rings (SSSR count). The summed E-state index contributed by atoms with van der Waals surface area (Å²) in [5.41, 5.74) is 2.61. The van der Waals surface area contributed by atoms with Crippen molar-refractivity contribution in [2.24, 2.45) is 0 Å². The molecule has 0 bridgehead atoms. The van der Waals surface area contributed by atoms with Gasteiger partial charge in [-0.2, -0.15) is 0 Å². The van der Waals surface area contributed by atoms with Crippen molar-refractivity contribution < 1.29 is 4.74 Å². The molecule has 0 saturated carbocycles. The van der Waals surface area contributed by atoms with Crippen LogP contribution >= 0.6 is 15.9 Å². The Bertz CT molecular complexity index is 542. The SMILES string of the molecule is CNC(CCc1cc(OC)ccc1Br)c1ccccc1. The number of hydrogen-bond acceptors (Lipinski definition) is 2. The van der Waals surface area contributed by atoms with Crippen molar-refractivity contribution in [3.8, 4) is 5.75 Å². The zero-order valence-corrected chi connectivity index (χ0v) is 13.5. The van der Waals surface area contributed by atoms with E-state index in [0.717, 1.165) is 23.1 Å². The fourth-order valence-electron chi connectivity index (χ4n) is 2.33. The highest BCUT2D eigenvalue weighted by Gasteiger charge is 2.10. The number of nitrogens with one attached hydrogen (secondary N) is 1. The van der Waals surface area contributed by atoms with Crippen LogP contribution in [0.25, 0.3) is 0 Å². The largest absolute Gasteiger partial charge is 0.497 e. The number of hydrogen-bond donors (Lipinski definition) is 1. The summed E-state index contributed by atoms with van der Waals surface area (Å²) in [7, 11) is 3.71. The Balaban J connectivity index is 2.07. The first-order valence-electron chi connectivity index (χ1n) is 6.79. The first kappa shape index (κ1) is 15.1. The summed E-state index contributed by atoms with van der Waals surface area (Å²) in [5, 5.41) is 3.39. The van der Waals surface area contributed by atoms with Gasteiger partial charge in [0.05, 0.1) is 7.11 Å². The van der Waals surface area contributed by atoms with Crippen LogP contribution in [0, 0.1) is 0 Å². The van der Waals surface area contributed by atoms with Gasteiger partial charge in [0, 0.05) is 10.5 Å². The van der Waals surface area contributed by atoms with E-state index >= 15 is 0 Å². The molecule has 1 atom stereocenters. The molecule has 0 heterocycles. The minimum atomic E-state index is 0.370. The molecule has 0 saturated heterocycles. The average Bonchev–Trinajstić information content (AvgIpc) is 2.50. The van der Waals surface area contributed by atoms with Crippen LogP contribution in [0.1, 0.15) is 23.6 Å². The van der Waals surface area contributed by atoms with Gasteiger partial charge in [0.1, 0.15) is 5.75 Å². The zero-order valence-electron chi connectivity index (χ0n) is 11.9. The molecular formula is C17H20BrNO. The molecule has 0 spiro atoms. The second kappa shape index (κ2) is 7.46. The topological polar surface area (TPSA) is 21.3 Å². The standard InChI is InChI=1S/C17H20BrNO/c1-19-17(13-6-4-3-5-7-13)11-8-14-12-15(20-2)9-10-16(14)18/h3-7,9-10,12,17,19H,8,11H2,1-2H3. The summed E-state index contributed by atoms with van der Waals surface area (Å²) in [4.78, 5) is 0. The second-order valence-corrected chi connectivity index (χ2v) is 5.60. The van der Waals surface area contributed by atoms with Crippen LogP contribution in [0.2, 0.25) is 0 Å². The van der Waals surface area contributed by atoms with Crippen LogP contribution in [0.4, 0.5) is 0 Å². The van der Waals surface area contributed by atoms with Crippen molar-refractivity contribution in [3.63, 3.8) is 0 Å². The molecule has 1 unspecified atom stereocenters. The highest BCUT2D eigenvalue weighted by Crippen LogP contribution is 2.26. The molecular weight excluding hydrogens is 314 g/mol. The molecule has 0 amide bonds. The van der Waals surface area contributed by atoms with Crippen molar-refractivity contribution >= 4 is 15.9 Å². The lowest BCUT2D eigenvalue weighted by molar-refractivity contribution is 0.414.